The van der Waals surface area contributed by atoms with E-state index in [0.29, 0.717) is 0 Å². The Hall–Kier alpha value is -0.530. The second kappa shape index (κ2) is 3.80. The summed E-state index contributed by atoms with van der Waals surface area (Å²) < 4.78 is 0. The van der Waals surface area contributed by atoms with Crippen LogP contribution in [0.1, 0.15) is 64.7 Å². The maximum atomic E-state index is 11.6. The molecule has 0 aromatic rings. The highest BCUT2D eigenvalue weighted by atomic mass is 16.4. The Morgan fingerprint density at radius 1 is 0.933 bits per heavy atom. The highest BCUT2D eigenvalue weighted by Crippen LogP contribution is 2.57. The molecular weight excluding hydrogens is 188 g/mol. The molecule has 0 aromatic carbocycles. The first-order valence-corrected chi connectivity index (χ1v) is 6.34. The van der Waals surface area contributed by atoms with Crippen molar-refractivity contribution in [2.24, 2.45) is 10.8 Å². The molecule has 2 heteroatoms. The largest absolute Gasteiger partial charge is 0.481 e. The molecule has 2 saturated carbocycles. The first kappa shape index (κ1) is 11.0. The van der Waals surface area contributed by atoms with Crippen LogP contribution in [0.3, 0.4) is 0 Å². The number of carboxylic acid groups (broad SMARTS) is 1. The molecule has 1 N–H and O–H groups in total. The lowest BCUT2D eigenvalue weighted by Crippen LogP contribution is -2.45. The first-order valence-electron chi connectivity index (χ1n) is 6.34. The third kappa shape index (κ3) is 1.58. The normalized spacial score (nSPS) is 28.9. The van der Waals surface area contributed by atoms with Crippen LogP contribution in [0.15, 0.2) is 0 Å². The Kier molecular flexibility index (Phi) is 2.78. The predicted molar refractivity (Wildman–Crippen MR) is 59.7 cm³/mol. The second-order valence-electron chi connectivity index (χ2n) is 5.72. The zero-order valence-electron chi connectivity index (χ0n) is 9.72. The van der Waals surface area contributed by atoms with Crippen molar-refractivity contribution >= 4 is 5.97 Å². The fraction of sp³-hybridized carbons (Fsp3) is 0.923. The molecule has 2 rings (SSSR count). The lowest BCUT2D eigenvalue weighted by atomic mass is 9.57. The van der Waals surface area contributed by atoms with E-state index in [1.54, 1.807) is 0 Å². The minimum atomic E-state index is -0.524. The molecule has 2 fully saturated rings. The van der Waals surface area contributed by atoms with Gasteiger partial charge in [0, 0.05) is 0 Å². The molecule has 2 aliphatic rings. The third-order valence-electron chi connectivity index (χ3n) is 4.98. The van der Waals surface area contributed by atoms with E-state index >= 15 is 0 Å². The maximum absolute atomic E-state index is 11.6. The summed E-state index contributed by atoms with van der Waals surface area (Å²) in [6.07, 6.45) is 10.1. The summed E-state index contributed by atoms with van der Waals surface area (Å²) in [7, 11) is 0. The van der Waals surface area contributed by atoms with Crippen LogP contribution in [0.25, 0.3) is 0 Å². The Morgan fingerprint density at radius 3 is 1.87 bits per heavy atom. The van der Waals surface area contributed by atoms with Crippen molar-refractivity contribution in [1.82, 2.24) is 0 Å². The van der Waals surface area contributed by atoms with E-state index < -0.39 is 5.97 Å². The lowest BCUT2D eigenvalue weighted by molar-refractivity contribution is -0.159. The predicted octanol–water partition coefficient (Wildman–Crippen LogP) is 3.60. The van der Waals surface area contributed by atoms with E-state index in [1.165, 1.54) is 19.3 Å². The van der Waals surface area contributed by atoms with E-state index in [0.717, 1.165) is 38.5 Å². The SMILES string of the molecule is CC1(C2(C(=O)O)CCCC2)CCCCC1. The number of aliphatic carboxylic acids is 1. The smallest absolute Gasteiger partial charge is 0.310 e. The molecular formula is C13H22O2. The van der Waals surface area contributed by atoms with Gasteiger partial charge in [-0.2, -0.15) is 0 Å². The number of rotatable bonds is 2. The Labute approximate surface area is 92.1 Å². The van der Waals surface area contributed by atoms with Gasteiger partial charge in [0.05, 0.1) is 5.41 Å². The van der Waals surface area contributed by atoms with Gasteiger partial charge in [-0.25, -0.2) is 0 Å². The Morgan fingerprint density at radius 2 is 1.40 bits per heavy atom. The number of carbonyl (C=O) groups is 1. The molecule has 0 spiro atoms. The number of hydrogen-bond acceptors (Lipinski definition) is 1. The summed E-state index contributed by atoms with van der Waals surface area (Å²) in [4.78, 5) is 11.6. The molecule has 0 saturated heterocycles. The van der Waals surface area contributed by atoms with Gasteiger partial charge in [-0.15, -0.1) is 0 Å². The van der Waals surface area contributed by atoms with Crippen molar-refractivity contribution < 1.29 is 9.90 Å². The quantitative estimate of drug-likeness (QED) is 0.756. The van der Waals surface area contributed by atoms with Crippen LogP contribution in [-0.2, 0) is 4.79 Å². The minimum Gasteiger partial charge on any atom is -0.481 e. The van der Waals surface area contributed by atoms with Gasteiger partial charge in [0.1, 0.15) is 0 Å². The molecule has 0 amide bonds. The lowest BCUT2D eigenvalue weighted by Gasteiger charge is -2.46. The van der Waals surface area contributed by atoms with Crippen molar-refractivity contribution in [2.45, 2.75) is 64.7 Å². The van der Waals surface area contributed by atoms with Gasteiger partial charge in [0.25, 0.3) is 0 Å². The molecule has 86 valence electrons. The standard InChI is InChI=1S/C13H22O2/c1-12(7-3-2-4-8-12)13(11(14)15)9-5-6-10-13/h2-10H2,1H3,(H,14,15). The van der Waals surface area contributed by atoms with E-state index in [-0.39, 0.29) is 10.8 Å². The van der Waals surface area contributed by atoms with Gasteiger partial charge in [0.15, 0.2) is 0 Å². The topological polar surface area (TPSA) is 37.3 Å². The average Bonchev–Trinajstić information content (AvgIpc) is 2.69. The summed E-state index contributed by atoms with van der Waals surface area (Å²) in [5, 5.41) is 9.58. The first-order chi connectivity index (χ1) is 7.11. The second-order valence-corrected chi connectivity index (χ2v) is 5.72. The third-order valence-corrected chi connectivity index (χ3v) is 4.98. The fourth-order valence-electron chi connectivity index (χ4n) is 3.86. The van der Waals surface area contributed by atoms with E-state index in [1.807, 2.05) is 0 Å². The summed E-state index contributed by atoms with van der Waals surface area (Å²) >= 11 is 0. The van der Waals surface area contributed by atoms with Crippen LogP contribution in [0, 0.1) is 10.8 Å². The Balaban J connectivity index is 2.26. The molecule has 15 heavy (non-hydrogen) atoms. The van der Waals surface area contributed by atoms with Crippen molar-refractivity contribution in [2.75, 3.05) is 0 Å². The van der Waals surface area contributed by atoms with Crippen LogP contribution in [0.2, 0.25) is 0 Å². The highest BCUT2D eigenvalue weighted by Gasteiger charge is 2.54. The molecule has 0 aliphatic heterocycles. The summed E-state index contributed by atoms with van der Waals surface area (Å²) in [6.45, 7) is 2.23. The van der Waals surface area contributed by atoms with Gasteiger partial charge in [-0.3, -0.25) is 4.79 Å². The van der Waals surface area contributed by atoms with Crippen LogP contribution < -0.4 is 0 Å². The van der Waals surface area contributed by atoms with E-state index in [4.69, 9.17) is 0 Å². The monoisotopic (exact) mass is 210 g/mol. The van der Waals surface area contributed by atoms with E-state index in [2.05, 4.69) is 6.92 Å². The molecule has 2 nitrogen and oxygen atoms in total. The molecule has 0 radical (unpaired) electrons. The maximum Gasteiger partial charge on any atom is 0.310 e. The van der Waals surface area contributed by atoms with Gasteiger partial charge in [0.2, 0.25) is 0 Å². The molecule has 0 unspecified atom stereocenters. The molecule has 2 aliphatic carbocycles. The summed E-state index contributed by atoms with van der Waals surface area (Å²) in [5.41, 5.74) is -0.305. The molecule has 0 atom stereocenters. The zero-order chi connectivity index (χ0) is 10.9. The van der Waals surface area contributed by atoms with Gasteiger partial charge in [-0.05, 0) is 31.1 Å². The van der Waals surface area contributed by atoms with E-state index in [9.17, 15) is 9.90 Å². The van der Waals surface area contributed by atoms with Crippen molar-refractivity contribution in [3.05, 3.63) is 0 Å². The molecule has 0 aromatic heterocycles. The van der Waals surface area contributed by atoms with Crippen molar-refractivity contribution in [3.8, 4) is 0 Å². The van der Waals surface area contributed by atoms with Gasteiger partial charge in [-0.1, -0.05) is 39.0 Å². The molecule has 0 bridgehead atoms. The summed E-state index contributed by atoms with van der Waals surface area (Å²) in [5.74, 6) is -0.524. The zero-order valence-corrected chi connectivity index (χ0v) is 9.72. The van der Waals surface area contributed by atoms with Crippen molar-refractivity contribution in [1.29, 1.82) is 0 Å². The Bertz CT molecular complexity index is 245. The van der Waals surface area contributed by atoms with Crippen LogP contribution >= 0.6 is 0 Å². The number of hydrogen-bond donors (Lipinski definition) is 1. The fourth-order valence-corrected chi connectivity index (χ4v) is 3.86. The van der Waals surface area contributed by atoms with Crippen molar-refractivity contribution in [3.63, 3.8) is 0 Å². The van der Waals surface area contributed by atoms with Gasteiger partial charge >= 0.3 is 5.97 Å². The average molecular weight is 210 g/mol. The minimum absolute atomic E-state index is 0.0770. The van der Waals surface area contributed by atoms with Crippen LogP contribution in [0.4, 0.5) is 0 Å². The van der Waals surface area contributed by atoms with Crippen LogP contribution in [0.5, 0.6) is 0 Å². The van der Waals surface area contributed by atoms with Gasteiger partial charge < -0.3 is 5.11 Å². The highest BCUT2D eigenvalue weighted by molar-refractivity contribution is 5.76. The summed E-state index contributed by atoms with van der Waals surface area (Å²) in [6, 6.07) is 0. The van der Waals surface area contributed by atoms with Crippen LogP contribution in [-0.4, -0.2) is 11.1 Å². The number of carboxylic acids is 1. The molecule has 0 heterocycles.